The molecule has 2 N–H and O–H groups in total. The first kappa shape index (κ1) is 16.8. The third-order valence-corrected chi connectivity index (χ3v) is 4.38. The van der Waals surface area contributed by atoms with Gasteiger partial charge in [0.1, 0.15) is 13.1 Å². The highest BCUT2D eigenvalue weighted by Gasteiger charge is 2.23. The molecule has 0 saturated heterocycles. The zero-order valence-corrected chi connectivity index (χ0v) is 14.8. The Morgan fingerprint density at radius 2 is 2.00 bits per heavy atom. The molecular formula is C19H23ClN3O+. The van der Waals surface area contributed by atoms with Gasteiger partial charge in [-0.05, 0) is 29.8 Å². The van der Waals surface area contributed by atoms with Crippen LogP contribution in [0, 0.1) is 0 Å². The van der Waals surface area contributed by atoms with Crippen LogP contribution in [0.3, 0.4) is 0 Å². The first-order valence-electron chi connectivity index (χ1n) is 8.18. The summed E-state index contributed by atoms with van der Waals surface area (Å²) in [6.45, 7) is 1.78. The van der Waals surface area contributed by atoms with Gasteiger partial charge in [0.25, 0.3) is 0 Å². The van der Waals surface area contributed by atoms with Crippen molar-refractivity contribution < 1.29 is 10.2 Å². The lowest BCUT2D eigenvalue weighted by atomic mass is 10.0. The summed E-state index contributed by atoms with van der Waals surface area (Å²) in [4.78, 5) is 7.67. The molecule has 0 saturated carbocycles. The molecular weight excluding hydrogens is 322 g/mol. The molecule has 0 aliphatic carbocycles. The van der Waals surface area contributed by atoms with Gasteiger partial charge in [-0.15, -0.1) is 0 Å². The Kier molecular flexibility index (Phi) is 5.38. The van der Waals surface area contributed by atoms with Crippen LogP contribution in [-0.4, -0.2) is 32.5 Å². The van der Waals surface area contributed by atoms with Crippen LogP contribution in [0.5, 0.6) is 0 Å². The molecule has 0 amide bonds. The largest absolute Gasteiger partial charge is 0.386 e. The van der Waals surface area contributed by atoms with Gasteiger partial charge in [0, 0.05) is 36.8 Å². The van der Waals surface area contributed by atoms with Crippen molar-refractivity contribution in [1.29, 1.82) is 0 Å². The fourth-order valence-corrected chi connectivity index (χ4v) is 2.99. The smallest absolute Gasteiger partial charge is 0.181 e. The molecule has 0 unspecified atom stereocenters. The second-order valence-corrected chi connectivity index (χ2v) is 6.71. The molecule has 2 aromatic rings. The first-order valence-corrected chi connectivity index (χ1v) is 8.56. The fraction of sp³-hybridized carbons (Fsp3) is 0.316. The van der Waals surface area contributed by atoms with Crippen LogP contribution in [0.15, 0.2) is 53.7 Å². The number of halogens is 1. The first-order chi connectivity index (χ1) is 11.6. The van der Waals surface area contributed by atoms with Crippen molar-refractivity contribution in [1.82, 2.24) is 0 Å². The SMILES string of the molecule is CN(C)c1ccc(C2=NO[C@H](C[NH2+]Cc3cccc(Cl)c3)C2)cc1. The second-order valence-electron chi connectivity index (χ2n) is 6.27. The molecule has 0 bridgehead atoms. The van der Waals surface area contributed by atoms with E-state index in [1.807, 2.05) is 32.3 Å². The Morgan fingerprint density at radius 3 is 2.71 bits per heavy atom. The van der Waals surface area contributed by atoms with E-state index in [0.717, 1.165) is 35.8 Å². The Morgan fingerprint density at radius 1 is 1.21 bits per heavy atom. The molecule has 1 heterocycles. The van der Waals surface area contributed by atoms with Gasteiger partial charge in [0.15, 0.2) is 6.10 Å². The van der Waals surface area contributed by atoms with E-state index >= 15 is 0 Å². The van der Waals surface area contributed by atoms with Gasteiger partial charge in [-0.25, -0.2) is 0 Å². The highest BCUT2D eigenvalue weighted by atomic mass is 35.5. The summed E-state index contributed by atoms with van der Waals surface area (Å²) in [5.74, 6) is 0. The molecule has 126 valence electrons. The lowest BCUT2D eigenvalue weighted by molar-refractivity contribution is -0.676. The molecule has 0 aromatic heterocycles. The number of rotatable bonds is 6. The van der Waals surface area contributed by atoms with Crippen molar-refractivity contribution in [3.63, 3.8) is 0 Å². The molecule has 24 heavy (non-hydrogen) atoms. The van der Waals surface area contributed by atoms with E-state index in [1.54, 1.807) is 0 Å². The van der Waals surface area contributed by atoms with Crippen molar-refractivity contribution in [3.05, 3.63) is 64.7 Å². The van der Waals surface area contributed by atoms with Gasteiger partial charge < -0.3 is 15.1 Å². The van der Waals surface area contributed by atoms with Crippen LogP contribution in [0.4, 0.5) is 5.69 Å². The number of hydrogen-bond acceptors (Lipinski definition) is 3. The van der Waals surface area contributed by atoms with Crippen LogP contribution < -0.4 is 10.2 Å². The maximum absolute atomic E-state index is 6.01. The van der Waals surface area contributed by atoms with Crippen LogP contribution in [0.2, 0.25) is 5.02 Å². The minimum absolute atomic E-state index is 0.132. The number of benzene rings is 2. The van der Waals surface area contributed by atoms with Gasteiger partial charge in [-0.2, -0.15) is 0 Å². The van der Waals surface area contributed by atoms with E-state index in [-0.39, 0.29) is 6.10 Å². The van der Waals surface area contributed by atoms with Gasteiger partial charge in [-0.3, -0.25) is 0 Å². The Bertz CT molecular complexity index is 713. The Balaban J connectivity index is 1.48. The third-order valence-electron chi connectivity index (χ3n) is 4.15. The summed E-state index contributed by atoms with van der Waals surface area (Å²) in [6.07, 6.45) is 0.987. The zero-order chi connectivity index (χ0) is 16.9. The van der Waals surface area contributed by atoms with Gasteiger partial charge in [-0.1, -0.05) is 41.0 Å². The molecule has 1 aliphatic rings. The van der Waals surface area contributed by atoms with Gasteiger partial charge >= 0.3 is 0 Å². The maximum atomic E-state index is 6.01. The molecule has 2 aromatic carbocycles. The van der Waals surface area contributed by atoms with E-state index < -0.39 is 0 Å². The van der Waals surface area contributed by atoms with Crippen molar-refractivity contribution >= 4 is 23.0 Å². The van der Waals surface area contributed by atoms with Crippen molar-refractivity contribution in [2.75, 3.05) is 25.5 Å². The highest BCUT2D eigenvalue weighted by Crippen LogP contribution is 2.19. The number of anilines is 1. The summed E-state index contributed by atoms with van der Waals surface area (Å²) in [5.41, 5.74) is 4.57. The lowest BCUT2D eigenvalue weighted by Crippen LogP contribution is -2.84. The molecule has 3 rings (SSSR count). The Labute approximate surface area is 148 Å². The summed E-state index contributed by atoms with van der Waals surface area (Å²) in [5, 5.41) is 7.29. The van der Waals surface area contributed by atoms with Gasteiger partial charge in [0.05, 0.1) is 5.71 Å². The molecule has 5 heteroatoms. The molecule has 1 aliphatic heterocycles. The number of hydrogen-bond donors (Lipinski definition) is 1. The molecule has 4 nitrogen and oxygen atoms in total. The minimum Gasteiger partial charge on any atom is -0.386 e. The molecule has 0 spiro atoms. The summed E-state index contributed by atoms with van der Waals surface area (Å²) in [7, 11) is 4.08. The number of oxime groups is 1. The second kappa shape index (κ2) is 7.69. The monoisotopic (exact) mass is 344 g/mol. The predicted octanol–water partition coefficient (Wildman–Crippen LogP) is 2.66. The number of quaternary nitrogens is 1. The van der Waals surface area contributed by atoms with Crippen LogP contribution in [-0.2, 0) is 11.4 Å². The maximum Gasteiger partial charge on any atom is 0.181 e. The average molecular weight is 345 g/mol. The van der Waals surface area contributed by atoms with Crippen LogP contribution in [0.25, 0.3) is 0 Å². The summed E-state index contributed by atoms with van der Waals surface area (Å²) in [6, 6.07) is 16.4. The number of nitrogens with zero attached hydrogens (tertiary/aromatic N) is 2. The fourth-order valence-electron chi connectivity index (χ4n) is 2.78. The van der Waals surface area contributed by atoms with Crippen molar-refractivity contribution in [3.8, 4) is 0 Å². The standard InChI is InChI=1S/C19H22ClN3O/c1-23(2)17-8-6-15(7-9-17)19-11-18(24-22-19)13-21-12-14-4-3-5-16(20)10-14/h3-10,18,21H,11-13H2,1-2H3/p+1/t18-/m0/s1. The lowest BCUT2D eigenvalue weighted by Gasteiger charge is -2.12. The molecule has 1 atom stereocenters. The zero-order valence-electron chi connectivity index (χ0n) is 14.1. The third kappa shape index (κ3) is 4.28. The summed E-state index contributed by atoms with van der Waals surface area (Å²) >= 11 is 6.01. The van der Waals surface area contributed by atoms with E-state index in [2.05, 4.69) is 45.7 Å². The quantitative estimate of drug-likeness (QED) is 0.875. The highest BCUT2D eigenvalue weighted by molar-refractivity contribution is 6.30. The van der Waals surface area contributed by atoms with E-state index in [4.69, 9.17) is 16.4 Å². The van der Waals surface area contributed by atoms with Crippen molar-refractivity contribution in [2.24, 2.45) is 5.16 Å². The normalized spacial score (nSPS) is 16.6. The van der Waals surface area contributed by atoms with Crippen LogP contribution >= 0.6 is 11.6 Å². The van der Waals surface area contributed by atoms with E-state index in [1.165, 1.54) is 11.3 Å². The Hall–Kier alpha value is -2.04. The average Bonchev–Trinajstić information content (AvgIpc) is 3.04. The van der Waals surface area contributed by atoms with Gasteiger partial charge in [0.2, 0.25) is 0 Å². The predicted molar refractivity (Wildman–Crippen MR) is 98.7 cm³/mol. The van der Waals surface area contributed by atoms with Crippen LogP contribution in [0.1, 0.15) is 17.5 Å². The number of nitrogens with two attached hydrogens (primary N) is 1. The summed E-state index contributed by atoms with van der Waals surface area (Å²) < 4.78 is 0. The minimum atomic E-state index is 0.132. The topological polar surface area (TPSA) is 41.4 Å². The van der Waals surface area contributed by atoms with Crippen molar-refractivity contribution in [2.45, 2.75) is 19.1 Å². The molecule has 0 radical (unpaired) electrons. The molecule has 0 fully saturated rings. The van der Waals surface area contributed by atoms with E-state index in [9.17, 15) is 0 Å². The van der Waals surface area contributed by atoms with E-state index in [0.29, 0.717) is 0 Å².